The van der Waals surface area contributed by atoms with Gasteiger partial charge in [-0.3, -0.25) is 4.79 Å². The van der Waals surface area contributed by atoms with Gasteiger partial charge in [-0.15, -0.1) is 0 Å². The summed E-state index contributed by atoms with van der Waals surface area (Å²) in [5, 5.41) is 3.26. The molecule has 1 aliphatic heterocycles. The van der Waals surface area contributed by atoms with Crippen LogP contribution in [0.15, 0.2) is 12.1 Å². The number of carbonyl (C=O) groups excluding carboxylic acids is 1. The summed E-state index contributed by atoms with van der Waals surface area (Å²) in [7, 11) is 5.82. The van der Waals surface area contributed by atoms with Crippen molar-refractivity contribution in [3.8, 4) is 0 Å². The van der Waals surface area contributed by atoms with Crippen LogP contribution in [0.1, 0.15) is 23.2 Å². The fourth-order valence-corrected chi connectivity index (χ4v) is 2.84. The van der Waals surface area contributed by atoms with Gasteiger partial charge in [-0.2, -0.15) is 0 Å². The predicted octanol–water partition coefficient (Wildman–Crippen LogP) is 1.94. The van der Waals surface area contributed by atoms with E-state index in [-0.39, 0.29) is 11.9 Å². The topological polar surface area (TPSA) is 48.5 Å². The summed E-state index contributed by atoms with van der Waals surface area (Å²) in [6.07, 6.45) is 2.11. The third-order valence-corrected chi connectivity index (χ3v) is 3.70. The molecule has 1 aromatic rings. The van der Waals surface area contributed by atoms with Gasteiger partial charge in [0, 0.05) is 31.7 Å². The van der Waals surface area contributed by atoms with Crippen LogP contribution in [-0.2, 0) is 0 Å². The van der Waals surface area contributed by atoms with Crippen molar-refractivity contribution in [1.82, 2.24) is 14.8 Å². The molecule has 1 aliphatic rings. The summed E-state index contributed by atoms with van der Waals surface area (Å²) in [5.41, 5.74) is 0.597. The zero-order valence-electron chi connectivity index (χ0n) is 12.2. The second-order valence-electron chi connectivity index (χ2n) is 5.37. The van der Waals surface area contributed by atoms with E-state index in [2.05, 4.69) is 15.2 Å². The summed E-state index contributed by atoms with van der Waals surface area (Å²) in [6.45, 7) is 1.70. The Balaban J connectivity index is 2.19. The van der Waals surface area contributed by atoms with Crippen molar-refractivity contribution in [3.63, 3.8) is 0 Å². The van der Waals surface area contributed by atoms with Gasteiger partial charge >= 0.3 is 0 Å². The average molecular weight is 297 g/mol. The third-order valence-electron chi connectivity index (χ3n) is 3.51. The Morgan fingerprint density at radius 3 is 2.95 bits per heavy atom. The molecule has 0 aromatic carbocycles. The van der Waals surface area contributed by atoms with Crippen molar-refractivity contribution in [2.45, 2.75) is 18.9 Å². The molecular formula is C14H21ClN4O. The summed E-state index contributed by atoms with van der Waals surface area (Å²) in [4.78, 5) is 20.8. The zero-order chi connectivity index (χ0) is 14.7. The highest BCUT2D eigenvalue weighted by Crippen LogP contribution is 2.22. The van der Waals surface area contributed by atoms with Gasteiger partial charge < -0.3 is 15.1 Å². The molecule has 110 valence electrons. The first-order chi connectivity index (χ1) is 9.51. The minimum atomic E-state index is 0.0372. The first kappa shape index (κ1) is 15.1. The molecular weight excluding hydrogens is 276 g/mol. The van der Waals surface area contributed by atoms with E-state index in [1.807, 2.05) is 19.0 Å². The van der Waals surface area contributed by atoms with Crippen molar-refractivity contribution in [2.75, 3.05) is 39.5 Å². The molecule has 1 fully saturated rings. The number of likely N-dealkylation sites (N-methyl/N-ethyl adjacent to an activating group) is 1. The lowest BCUT2D eigenvalue weighted by Crippen LogP contribution is -2.41. The molecule has 5 nitrogen and oxygen atoms in total. The number of nitrogens with zero attached hydrogens (tertiary/aromatic N) is 3. The molecule has 0 radical (unpaired) electrons. The van der Waals surface area contributed by atoms with E-state index in [4.69, 9.17) is 11.6 Å². The maximum Gasteiger partial charge on any atom is 0.254 e. The van der Waals surface area contributed by atoms with E-state index in [1.54, 1.807) is 19.2 Å². The molecule has 1 aromatic heterocycles. The Labute approximate surface area is 124 Å². The maximum absolute atomic E-state index is 12.7. The minimum Gasteiger partial charge on any atom is -0.373 e. The first-order valence-corrected chi connectivity index (χ1v) is 7.20. The maximum atomic E-state index is 12.7. The molecule has 2 rings (SSSR count). The second-order valence-corrected chi connectivity index (χ2v) is 5.76. The van der Waals surface area contributed by atoms with Crippen molar-refractivity contribution in [2.24, 2.45) is 0 Å². The van der Waals surface area contributed by atoms with Crippen LogP contribution in [0.3, 0.4) is 0 Å². The van der Waals surface area contributed by atoms with Crippen LogP contribution in [0.2, 0.25) is 5.15 Å². The zero-order valence-corrected chi connectivity index (χ0v) is 12.9. The average Bonchev–Trinajstić information content (AvgIpc) is 2.84. The number of anilines is 1. The van der Waals surface area contributed by atoms with Crippen LogP contribution < -0.4 is 5.32 Å². The number of pyridine rings is 1. The molecule has 0 saturated carbocycles. The second kappa shape index (κ2) is 6.41. The van der Waals surface area contributed by atoms with E-state index < -0.39 is 0 Å². The Bertz CT molecular complexity index is 492. The quantitative estimate of drug-likeness (QED) is 0.863. The molecule has 1 atom stereocenters. The fourth-order valence-electron chi connectivity index (χ4n) is 2.63. The summed E-state index contributed by atoms with van der Waals surface area (Å²) in [6, 6.07) is 3.66. The molecule has 1 amide bonds. The van der Waals surface area contributed by atoms with E-state index in [0.717, 1.165) is 25.9 Å². The van der Waals surface area contributed by atoms with Crippen LogP contribution in [-0.4, -0.2) is 61.0 Å². The number of aromatic nitrogens is 1. The molecule has 2 heterocycles. The monoisotopic (exact) mass is 296 g/mol. The highest BCUT2D eigenvalue weighted by molar-refractivity contribution is 6.29. The summed E-state index contributed by atoms with van der Waals surface area (Å²) in [5.74, 6) is 0.652. The van der Waals surface area contributed by atoms with Crippen LogP contribution in [0.5, 0.6) is 0 Å². The molecule has 1 unspecified atom stereocenters. The molecule has 0 bridgehead atoms. The predicted molar refractivity (Wildman–Crippen MR) is 81.4 cm³/mol. The van der Waals surface area contributed by atoms with Crippen molar-refractivity contribution in [1.29, 1.82) is 0 Å². The van der Waals surface area contributed by atoms with Gasteiger partial charge in [-0.25, -0.2) is 4.98 Å². The Morgan fingerprint density at radius 1 is 1.55 bits per heavy atom. The van der Waals surface area contributed by atoms with E-state index in [0.29, 0.717) is 16.5 Å². The molecule has 1 saturated heterocycles. The van der Waals surface area contributed by atoms with Crippen molar-refractivity contribution in [3.05, 3.63) is 22.8 Å². The SMILES string of the molecule is CNc1cc(C(=O)N2CCCC2CN(C)C)cc(Cl)n1. The molecule has 0 aliphatic carbocycles. The number of amides is 1. The van der Waals surface area contributed by atoms with Crippen LogP contribution in [0, 0.1) is 0 Å². The van der Waals surface area contributed by atoms with E-state index in [9.17, 15) is 4.79 Å². The third kappa shape index (κ3) is 3.41. The number of hydrogen-bond donors (Lipinski definition) is 1. The van der Waals surface area contributed by atoms with E-state index in [1.165, 1.54) is 0 Å². The van der Waals surface area contributed by atoms with Gasteiger partial charge in [0.15, 0.2) is 0 Å². The highest BCUT2D eigenvalue weighted by atomic mass is 35.5. The Kier molecular flexibility index (Phi) is 4.83. The molecule has 0 spiro atoms. The van der Waals surface area contributed by atoms with Crippen molar-refractivity contribution >= 4 is 23.3 Å². The van der Waals surface area contributed by atoms with Crippen LogP contribution in [0.25, 0.3) is 0 Å². The first-order valence-electron chi connectivity index (χ1n) is 6.82. The van der Waals surface area contributed by atoms with Gasteiger partial charge in [0.2, 0.25) is 0 Å². The largest absolute Gasteiger partial charge is 0.373 e. The molecule has 20 heavy (non-hydrogen) atoms. The summed E-state index contributed by atoms with van der Waals surface area (Å²) >= 11 is 5.97. The lowest BCUT2D eigenvalue weighted by atomic mass is 10.2. The highest BCUT2D eigenvalue weighted by Gasteiger charge is 2.30. The van der Waals surface area contributed by atoms with Crippen LogP contribution >= 0.6 is 11.6 Å². The van der Waals surface area contributed by atoms with Gasteiger partial charge in [0.25, 0.3) is 5.91 Å². The lowest BCUT2D eigenvalue weighted by Gasteiger charge is -2.27. The minimum absolute atomic E-state index is 0.0372. The lowest BCUT2D eigenvalue weighted by molar-refractivity contribution is 0.0716. The number of halogens is 1. The standard InChI is InChI=1S/C14H21ClN4O/c1-16-13-8-10(7-12(15)17-13)14(20)19-6-4-5-11(19)9-18(2)3/h7-8,11H,4-6,9H2,1-3H3,(H,16,17). The van der Waals surface area contributed by atoms with Gasteiger partial charge in [-0.05, 0) is 39.1 Å². The number of carbonyl (C=O) groups is 1. The summed E-state index contributed by atoms with van der Waals surface area (Å²) < 4.78 is 0. The smallest absolute Gasteiger partial charge is 0.254 e. The van der Waals surface area contributed by atoms with Crippen LogP contribution in [0.4, 0.5) is 5.82 Å². The number of rotatable bonds is 4. The number of nitrogens with one attached hydrogen (secondary N) is 1. The van der Waals surface area contributed by atoms with Gasteiger partial charge in [0.1, 0.15) is 11.0 Å². The fraction of sp³-hybridized carbons (Fsp3) is 0.571. The van der Waals surface area contributed by atoms with Crippen molar-refractivity contribution < 1.29 is 4.79 Å². The number of likely N-dealkylation sites (tertiary alicyclic amines) is 1. The van der Waals surface area contributed by atoms with Gasteiger partial charge in [-0.1, -0.05) is 11.6 Å². The Hall–Kier alpha value is -1.33. The Morgan fingerprint density at radius 2 is 2.30 bits per heavy atom. The normalized spacial score (nSPS) is 18.6. The molecule has 6 heteroatoms. The van der Waals surface area contributed by atoms with E-state index >= 15 is 0 Å². The van der Waals surface area contributed by atoms with Gasteiger partial charge in [0.05, 0.1) is 0 Å². The number of hydrogen-bond acceptors (Lipinski definition) is 4. The molecule has 1 N–H and O–H groups in total.